The molecule has 0 aromatic rings. The lowest BCUT2D eigenvalue weighted by Crippen LogP contribution is -1.92. The third kappa shape index (κ3) is 6.00. The first-order chi connectivity index (χ1) is 3.63. The molecule has 0 heteroatoms. The molecule has 0 N–H and O–H groups in total. The molecular weight excluding hydrogens is 96.1 g/mol. The van der Waals surface area contributed by atoms with Gasteiger partial charge in [-0.3, -0.25) is 0 Å². The Labute approximate surface area is 53.3 Å². The van der Waals surface area contributed by atoms with Crippen LogP contribution in [-0.4, -0.2) is 0 Å². The van der Waals surface area contributed by atoms with Crippen LogP contribution in [0.5, 0.6) is 0 Å². The first kappa shape index (κ1) is 8.00. The van der Waals surface area contributed by atoms with E-state index in [1.807, 2.05) is 0 Å². The molecule has 0 bridgehead atoms. The Bertz CT molecular complexity index is 36.0. The second kappa shape index (κ2) is 3.94. The van der Waals surface area contributed by atoms with E-state index in [0.29, 0.717) is 5.92 Å². The van der Waals surface area contributed by atoms with Gasteiger partial charge < -0.3 is 0 Å². The standard InChI is InChI=1S/C8H16/c1-7(2)5-6-8(3)4/h1,7-8H,5-6H2,2-4H3. The summed E-state index contributed by atoms with van der Waals surface area (Å²) in [4.78, 5) is 0. The van der Waals surface area contributed by atoms with Gasteiger partial charge in [0.05, 0.1) is 0 Å². The lowest BCUT2D eigenvalue weighted by atomic mass is 10.0. The summed E-state index contributed by atoms with van der Waals surface area (Å²) in [6, 6.07) is 0. The van der Waals surface area contributed by atoms with E-state index in [4.69, 9.17) is 6.92 Å². The van der Waals surface area contributed by atoms with E-state index >= 15 is 0 Å². The second-order valence-corrected chi connectivity index (χ2v) is 2.95. The summed E-state index contributed by atoms with van der Waals surface area (Å²) in [5.74, 6) is 1.19. The minimum Gasteiger partial charge on any atom is -0.0628 e. The van der Waals surface area contributed by atoms with Crippen LogP contribution in [0, 0.1) is 18.8 Å². The Balaban J connectivity index is 2.93. The fourth-order valence-electron chi connectivity index (χ4n) is 0.596. The highest BCUT2D eigenvalue weighted by Gasteiger charge is 1.96. The fraction of sp³-hybridized carbons (Fsp3) is 0.875. The lowest BCUT2D eigenvalue weighted by Gasteiger charge is -2.05. The van der Waals surface area contributed by atoms with Gasteiger partial charge in [0.25, 0.3) is 0 Å². The smallest absolute Gasteiger partial charge is 0.0321 e. The summed E-state index contributed by atoms with van der Waals surface area (Å²) in [6.07, 6.45) is 2.43. The van der Waals surface area contributed by atoms with Gasteiger partial charge in [-0.25, -0.2) is 0 Å². The molecule has 1 unspecified atom stereocenters. The van der Waals surface area contributed by atoms with Crippen molar-refractivity contribution in [3.63, 3.8) is 0 Å². The molecule has 48 valence electrons. The van der Waals surface area contributed by atoms with E-state index in [1.54, 1.807) is 0 Å². The summed E-state index contributed by atoms with van der Waals surface area (Å²) in [5.41, 5.74) is 0. The van der Waals surface area contributed by atoms with Crippen LogP contribution in [0.25, 0.3) is 0 Å². The van der Waals surface area contributed by atoms with Gasteiger partial charge >= 0.3 is 0 Å². The van der Waals surface area contributed by atoms with Crippen molar-refractivity contribution in [3.05, 3.63) is 6.92 Å². The molecule has 0 nitrogen and oxygen atoms in total. The quantitative estimate of drug-likeness (QED) is 0.526. The third-order valence-corrected chi connectivity index (χ3v) is 1.20. The molecule has 0 fully saturated rings. The van der Waals surface area contributed by atoms with E-state index in [9.17, 15) is 0 Å². The van der Waals surface area contributed by atoms with Gasteiger partial charge in [0.1, 0.15) is 0 Å². The number of rotatable bonds is 3. The van der Waals surface area contributed by atoms with E-state index in [2.05, 4.69) is 20.8 Å². The van der Waals surface area contributed by atoms with E-state index < -0.39 is 0 Å². The largest absolute Gasteiger partial charge is 0.0628 e. The number of hydrogen-bond donors (Lipinski definition) is 0. The predicted molar refractivity (Wildman–Crippen MR) is 37.5 cm³/mol. The molecule has 0 heterocycles. The highest BCUT2D eigenvalue weighted by atomic mass is 14.0. The van der Waals surface area contributed by atoms with Crippen LogP contribution in [0.1, 0.15) is 33.6 Å². The monoisotopic (exact) mass is 112 g/mol. The van der Waals surface area contributed by atoms with E-state index in [1.165, 1.54) is 6.42 Å². The SMILES string of the molecule is [CH]C(C)CCC(C)C. The van der Waals surface area contributed by atoms with Crippen LogP contribution in [0.15, 0.2) is 0 Å². The molecule has 8 heavy (non-hydrogen) atoms. The Morgan fingerprint density at radius 2 is 1.62 bits per heavy atom. The Morgan fingerprint density at radius 3 is 1.75 bits per heavy atom. The minimum absolute atomic E-state index is 0.386. The van der Waals surface area contributed by atoms with Crippen LogP contribution < -0.4 is 0 Å². The highest BCUT2D eigenvalue weighted by molar-refractivity contribution is 4.55. The second-order valence-electron chi connectivity index (χ2n) is 2.95. The van der Waals surface area contributed by atoms with Gasteiger partial charge in [-0.2, -0.15) is 0 Å². The molecule has 0 aromatic carbocycles. The molecule has 0 aromatic heterocycles. The average Bonchev–Trinajstić information content (AvgIpc) is 1.61. The maximum absolute atomic E-state index is 5.54. The minimum atomic E-state index is 0.386. The zero-order valence-corrected chi connectivity index (χ0v) is 6.15. The summed E-state index contributed by atoms with van der Waals surface area (Å²) in [7, 11) is 0. The molecule has 0 saturated carbocycles. The molecule has 1 atom stereocenters. The van der Waals surface area contributed by atoms with Crippen molar-refractivity contribution in [1.29, 1.82) is 0 Å². The topological polar surface area (TPSA) is 0 Å². The molecule has 0 amide bonds. The van der Waals surface area contributed by atoms with Gasteiger partial charge in [0, 0.05) is 0 Å². The van der Waals surface area contributed by atoms with Crippen molar-refractivity contribution in [2.75, 3.05) is 0 Å². The van der Waals surface area contributed by atoms with Crippen LogP contribution >= 0.6 is 0 Å². The summed E-state index contributed by atoms with van der Waals surface area (Å²) in [6.45, 7) is 12.0. The normalized spacial score (nSPS) is 11.2. The maximum atomic E-state index is 5.54. The molecule has 0 saturated heterocycles. The molecule has 0 aliphatic heterocycles. The van der Waals surface area contributed by atoms with E-state index in [-0.39, 0.29) is 0 Å². The fourth-order valence-corrected chi connectivity index (χ4v) is 0.596. The zero-order valence-electron chi connectivity index (χ0n) is 6.15. The molecule has 2 radical (unpaired) electrons. The number of hydrogen-bond acceptors (Lipinski definition) is 0. The Kier molecular flexibility index (Phi) is 3.94. The van der Waals surface area contributed by atoms with Crippen molar-refractivity contribution in [3.8, 4) is 0 Å². The van der Waals surface area contributed by atoms with Crippen molar-refractivity contribution in [2.24, 2.45) is 11.8 Å². The maximum Gasteiger partial charge on any atom is -0.0321 e. The lowest BCUT2D eigenvalue weighted by molar-refractivity contribution is 0.500. The van der Waals surface area contributed by atoms with Crippen LogP contribution in [0.2, 0.25) is 0 Å². The first-order valence-electron chi connectivity index (χ1n) is 3.38. The predicted octanol–water partition coefficient (Wildman–Crippen LogP) is 2.77. The molecular formula is C8H16. The summed E-state index contributed by atoms with van der Waals surface area (Å²) in [5, 5.41) is 0. The highest BCUT2D eigenvalue weighted by Crippen LogP contribution is 2.09. The Hall–Kier alpha value is 0. The third-order valence-electron chi connectivity index (χ3n) is 1.20. The van der Waals surface area contributed by atoms with Gasteiger partial charge in [0.15, 0.2) is 0 Å². The summed E-state index contributed by atoms with van der Waals surface area (Å²) < 4.78 is 0. The van der Waals surface area contributed by atoms with Crippen molar-refractivity contribution in [2.45, 2.75) is 33.6 Å². The van der Waals surface area contributed by atoms with Crippen molar-refractivity contribution >= 4 is 0 Å². The first-order valence-corrected chi connectivity index (χ1v) is 3.38. The molecule has 0 aliphatic rings. The van der Waals surface area contributed by atoms with Crippen LogP contribution in [0.3, 0.4) is 0 Å². The molecule has 0 rings (SSSR count). The average molecular weight is 112 g/mol. The molecule has 0 spiro atoms. The van der Waals surface area contributed by atoms with Crippen LogP contribution in [0.4, 0.5) is 0 Å². The van der Waals surface area contributed by atoms with Gasteiger partial charge in [0.2, 0.25) is 0 Å². The van der Waals surface area contributed by atoms with Gasteiger partial charge in [-0.15, -0.1) is 0 Å². The van der Waals surface area contributed by atoms with Crippen molar-refractivity contribution in [1.82, 2.24) is 0 Å². The Morgan fingerprint density at radius 1 is 1.12 bits per heavy atom. The zero-order chi connectivity index (χ0) is 6.57. The molecule has 0 aliphatic carbocycles. The van der Waals surface area contributed by atoms with Gasteiger partial charge in [-0.1, -0.05) is 33.6 Å². The van der Waals surface area contributed by atoms with Crippen LogP contribution in [-0.2, 0) is 0 Å². The van der Waals surface area contributed by atoms with E-state index in [0.717, 1.165) is 12.3 Å². The van der Waals surface area contributed by atoms with Crippen molar-refractivity contribution < 1.29 is 0 Å². The van der Waals surface area contributed by atoms with Gasteiger partial charge in [-0.05, 0) is 18.8 Å². The summed E-state index contributed by atoms with van der Waals surface area (Å²) >= 11 is 0.